The molecule has 4 heteroatoms. The third-order valence-corrected chi connectivity index (χ3v) is 3.02. The molecule has 3 rings (SSSR count). The van der Waals surface area contributed by atoms with Gasteiger partial charge in [-0.15, -0.1) is 0 Å². The molecule has 1 atom stereocenters. The van der Waals surface area contributed by atoms with Crippen LogP contribution in [0.5, 0.6) is 0 Å². The molecule has 0 aliphatic heterocycles. The van der Waals surface area contributed by atoms with Crippen molar-refractivity contribution in [3.05, 3.63) is 60.6 Å². The van der Waals surface area contributed by atoms with Crippen LogP contribution in [0.2, 0.25) is 0 Å². The molecule has 2 heterocycles. The maximum Gasteiger partial charge on any atom is 0.223 e. The van der Waals surface area contributed by atoms with Crippen molar-refractivity contribution < 1.29 is 0 Å². The van der Waals surface area contributed by atoms with Crippen LogP contribution in [0.15, 0.2) is 55.0 Å². The van der Waals surface area contributed by atoms with Gasteiger partial charge in [0.25, 0.3) is 0 Å². The average molecular weight is 250 g/mol. The molecule has 3 aromatic rings. The molecular weight excluding hydrogens is 236 g/mol. The van der Waals surface area contributed by atoms with Gasteiger partial charge in [-0.1, -0.05) is 24.3 Å². The van der Waals surface area contributed by atoms with Gasteiger partial charge >= 0.3 is 0 Å². The first-order valence-electron chi connectivity index (χ1n) is 6.21. The number of nitrogens with zero attached hydrogens (tertiary/aromatic N) is 3. The summed E-state index contributed by atoms with van der Waals surface area (Å²) in [5.41, 5.74) is 2.05. The molecule has 0 aliphatic rings. The van der Waals surface area contributed by atoms with Gasteiger partial charge in [0.05, 0.1) is 11.6 Å². The van der Waals surface area contributed by atoms with Crippen molar-refractivity contribution in [1.82, 2.24) is 15.0 Å². The first-order chi connectivity index (χ1) is 9.33. The van der Waals surface area contributed by atoms with E-state index in [9.17, 15) is 0 Å². The van der Waals surface area contributed by atoms with Gasteiger partial charge in [0.15, 0.2) is 0 Å². The highest BCUT2D eigenvalue weighted by atomic mass is 15.1. The summed E-state index contributed by atoms with van der Waals surface area (Å²) in [7, 11) is 0. The predicted octanol–water partition coefficient (Wildman–Crippen LogP) is 3.20. The lowest BCUT2D eigenvalue weighted by Crippen LogP contribution is -2.09. The minimum atomic E-state index is 0.120. The van der Waals surface area contributed by atoms with Crippen molar-refractivity contribution in [3.8, 4) is 0 Å². The fraction of sp³-hybridized carbons (Fsp3) is 0.133. The molecule has 2 aromatic heterocycles. The SMILES string of the molecule is CC(Nc1ncc2ccccc2n1)c1cccnc1. The number of anilines is 1. The van der Waals surface area contributed by atoms with Crippen molar-refractivity contribution in [2.75, 3.05) is 5.32 Å². The Hall–Kier alpha value is -2.49. The van der Waals surface area contributed by atoms with Crippen LogP contribution < -0.4 is 5.32 Å². The number of nitrogens with one attached hydrogen (secondary N) is 1. The van der Waals surface area contributed by atoms with E-state index in [1.165, 1.54) is 0 Å². The summed E-state index contributed by atoms with van der Waals surface area (Å²) in [5.74, 6) is 0.634. The van der Waals surface area contributed by atoms with Gasteiger partial charge in [-0.25, -0.2) is 9.97 Å². The predicted molar refractivity (Wildman–Crippen MR) is 75.8 cm³/mol. The molecule has 1 unspecified atom stereocenters. The van der Waals surface area contributed by atoms with Gasteiger partial charge in [-0.3, -0.25) is 4.98 Å². The van der Waals surface area contributed by atoms with Crippen molar-refractivity contribution in [2.45, 2.75) is 13.0 Å². The standard InChI is InChI=1S/C15H14N4/c1-11(12-6-4-8-16-9-12)18-15-17-10-13-5-2-3-7-14(13)19-15/h2-11H,1H3,(H,17,18,19). The molecule has 0 fully saturated rings. The number of pyridine rings is 1. The minimum absolute atomic E-state index is 0.120. The number of aromatic nitrogens is 3. The van der Waals surface area contributed by atoms with E-state index in [-0.39, 0.29) is 6.04 Å². The van der Waals surface area contributed by atoms with Crippen molar-refractivity contribution in [3.63, 3.8) is 0 Å². The second-order valence-corrected chi connectivity index (χ2v) is 4.40. The van der Waals surface area contributed by atoms with Crippen molar-refractivity contribution >= 4 is 16.9 Å². The zero-order valence-electron chi connectivity index (χ0n) is 10.6. The fourth-order valence-corrected chi connectivity index (χ4v) is 1.95. The lowest BCUT2D eigenvalue weighted by atomic mass is 10.1. The van der Waals surface area contributed by atoms with Crippen LogP contribution in [-0.2, 0) is 0 Å². The lowest BCUT2D eigenvalue weighted by Gasteiger charge is -2.13. The zero-order chi connectivity index (χ0) is 13.1. The Bertz CT molecular complexity index is 682. The van der Waals surface area contributed by atoms with Crippen LogP contribution in [-0.4, -0.2) is 15.0 Å². The molecular formula is C15H14N4. The molecule has 94 valence electrons. The number of benzene rings is 1. The van der Waals surface area contributed by atoms with Crippen molar-refractivity contribution in [1.29, 1.82) is 0 Å². The van der Waals surface area contributed by atoms with E-state index < -0.39 is 0 Å². The molecule has 0 amide bonds. The number of fused-ring (bicyclic) bond motifs is 1. The lowest BCUT2D eigenvalue weighted by molar-refractivity contribution is 0.856. The summed E-state index contributed by atoms with van der Waals surface area (Å²) in [6, 6.07) is 12.0. The van der Waals surface area contributed by atoms with Gasteiger partial charge in [-0.2, -0.15) is 0 Å². The van der Waals surface area contributed by atoms with Gasteiger partial charge in [0, 0.05) is 24.0 Å². The summed E-state index contributed by atoms with van der Waals surface area (Å²) >= 11 is 0. The van der Waals surface area contributed by atoms with Crippen LogP contribution in [0.3, 0.4) is 0 Å². The van der Waals surface area contributed by atoms with Gasteiger partial charge in [-0.05, 0) is 24.6 Å². The molecule has 0 bridgehead atoms. The highest BCUT2D eigenvalue weighted by molar-refractivity contribution is 5.78. The topological polar surface area (TPSA) is 50.7 Å². The molecule has 0 spiro atoms. The molecule has 0 aliphatic carbocycles. The number of para-hydroxylation sites is 1. The maximum atomic E-state index is 4.50. The van der Waals surface area contributed by atoms with E-state index in [0.29, 0.717) is 5.95 Å². The fourth-order valence-electron chi connectivity index (χ4n) is 1.95. The Balaban J connectivity index is 1.85. The monoisotopic (exact) mass is 250 g/mol. The molecule has 1 aromatic carbocycles. The Morgan fingerprint density at radius 3 is 2.79 bits per heavy atom. The van der Waals surface area contributed by atoms with E-state index in [1.54, 1.807) is 6.20 Å². The quantitative estimate of drug-likeness (QED) is 0.775. The zero-order valence-corrected chi connectivity index (χ0v) is 10.6. The second kappa shape index (κ2) is 5.02. The smallest absolute Gasteiger partial charge is 0.223 e. The summed E-state index contributed by atoms with van der Waals surface area (Å²) in [6.07, 6.45) is 5.45. The van der Waals surface area contributed by atoms with E-state index >= 15 is 0 Å². The normalized spacial score (nSPS) is 12.3. The average Bonchev–Trinajstić information content (AvgIpc) is 2.48. The first kappa shape index (κ1) is 11.6. The van der Waals surface area contributed by atoms with Crippen LogP contribution in [0.1, 0.15) is 18.5 Å². The van der Waals surface area contributed by atoms with Crippen molar-refractivity contribution in [2.24, 2.45) is 0 Å². The molecule has 0 radical (unpaired) electrons. The number of hydrogen-bond donors (Lipinski definition) is 1. The number of rotatable bonds is 3. The Labute approximate surface area is 111 Å². The Morgan fingerprint density at radius 1 is 1.05 bits per heavy atom. The second-order valence-electron chi connectivity index (χ2n) is 4.40. The largest absolute Gasteiger partial charge is 0.348 e. The third kappa shape index (κ3) is 2.52. The van der Waals surface area contributed by atoms with E-state index in [1.807, 2.05) is 48.8 Å². The van der Waals surface area contributed by atoms with Gasteiger partial charge in [0.1, 0.15) is 0 Å². The highest BCUT2D eigenvalue weighted by Gasteiger charge is 2.07. The molecule has 0 saturated heterocycles. The van der Waals surface area contributed by atoms with Crippen LogP contribution >= 0.6 is 0 Å². The molecule has 0 saturated carbocycles. The molecule has 19 heavy (non-hydrogen) atoms. The molecule has 1 N–H and O–H groups in total. The number of hydrogen-bond acceptors (Lipinski definition) is 4. The van der Waals surface area contributed by atoms with E-state index in [0.717, 1.165) is 16.5 Å². The summed E-state index contributed by atoms with van der Waals surface area (Å²) in [4.78, 5) is 12.9. The van der Waals surface area contributed by atoms with Crippen LogP contribution in [0.25, 0.3) is 10.9 Å². The summed E-state index contributed by atoms with van der Waals surface area (Å²) < 4.78 is 0. The maximum absolute atomic E-state index is 4.50. The Kier molecular flexibility index (Phi) is 3.06. The first-order valence-corrected chi connectivity index (χ1v) is 6.21. The van der Waals surface area contributed by atoms with Crippen LogP contribution in [0, 0.1) is 0 Å². The van der Waals surface area contributed by atoms with Gasteiger partial charge < -0.3 is 5.32 Å². The van der Waals surface area contributed by atoms with Gasteiger partial charge in [0.2, 0.25) is 5.95 Å². The summed E-state index contributed by atoms with van der Waals surface area (Å²) in [5, 5.41) is 4.33. The highest BCUT2D eigenvalue weighted by Crippen LogP contribution is 2.17. The van der Waals surface area contributed by atoms with Crippen LogP contribution in [0.4, 0.5) is 5.95 Å². The minimum Gasteiger partial charge on any atom is -0.348 e. The van der Waals surface area contributed by atoms with E-state index in [2.05, 4.69) is 27.2 Å². The Morgan fingerprint density at radius 2 is 1.95 bits per heavy atom. The molecule has 4 nitrogen and oxygen atoms in total. The third-order valence-electron chi connectivity index (χ3n) is 3.02. The van der Waals surface area contributed by atoms with E-state index in [4.69, 9.17) is 0 Å². The summed E-state index contributed by atoms with van der Waals surface area (Å²) in [6.45, 7) is 2.07.